The highest BCUT2D eigenvalue weighted by atomic mass is 16.6. The highest BCUT2D eigenvalue weighted by Gasteiger charge is 2.26. The van der Waals surface area contributed by atoms with Gasteiger partial charge in [-0.25, -0.2) is 9.59 Å². The van der Waals surface area contributed by atoms with Gasteiger partial charge in [-0.2, -0.15) is 0 Å². The highest BCUT2D eigenvalue weighted by molar-refractivity contribution is 5.95. The first kappa shape index (κ1) is 18.0. The van der Waals surface area contributed by atoms with Crippen molar-refractivity contribution in [1.82, 2.24) is 4.90 Å². The van der Waals surface area contributed by atoms with Gasteiger partial charge in [0, 0.05) is 31.9 Å². The molecule has 1 aliphatic rings. The van der Waals surface area contributed by atoms with E-state index in [2.05, 4.69) is 11.0 Å². The summed E-state index contributed by atoms with van der Waals surface area (Å²) in [5.74, 6) is -0.922. The van der Waals surface area contributed by atoms with E-state index in [0.717, 1.165) is 29.5 Å². The molecule has 0 saturated carbocycles. The Labute approximate surface area is 153 Å². The molecule has 6 heteroatoms. The fraction of sp³-hybridized carbons (Fsp3) is 0.400. The average Bonchev–Trinajstić information content (AvgIpc) is 2.59. The molecule has 0 bridgehead atoms. The van der Waals surface area contributed by atoms with Crippen LogP contribution < -0.4 is 4.90 Å². The van der Waals surface area contributed by atoms with Crippen molar-refractivity contribution < 1.29 is 19.4 Å². The Balaban J connectivity index is 1.68. The Morgan fingerprint density at radius 2 is 1.58 bits per heavy atom. The van der Waals surface area contributed by atoms with Gasteiger partial charge in [0.1, 0.15) is 5.60 Å². The maximum absolute atomic E-state index is 12.2. The molecule has 6 nitrogen and oxygen atoms in total. The summed E-state index contributed by atoms with van der Waals surface area (Å²) in [6.07, 6.45) is -0.267. The van der Waals surface area contributed by atoms with Gasteiger partial charge in [0.2, 0.25) is 0 Å². The summed E-state index contributed by atoms with van der Waals surface area (Å²) in [6, 6.07) is 11.1. The van der Waals surface area contributed by atoms with Crippen LogP contribution in [-0.4, -0.2) is 53.8 Å². The zero-order valence-electron chi connectivity index (χ0n) is 15.4. The van der Waals surface area contributed by atoms with Crippen molar-refractivity contribution in [1.29, 1.82) is 0 Å². The number of aromatic carboxylic acids is 1. The van der Waals surface area contributed by atoms with E-state index < -0.39 is 11.6 Å². The minimum atomic E-state index is -0.922. The summed E-state index contributed by atoms with van der Waals surface area (Å²) in [6.45, 7) is 8.30. The Morgan fingerprint density at radius 1 is 0.962 bits per heavy atom. The fourth-order valence-corrected chi connectivity index (χ4v) is 3.04. The number of carboxylic acid groups (broad SMARTS) is 1. The van der Waals surface area contributed by atoms with Crippen molar-refractivity contribution in [2.75, 3.05) is 31.1 Å². The first-order chi connectivity index (χ1) is 12.2. The summed E-state index contributed by atoms with van der Waals surface area (Å²) in [7, 11) is 0. The molecule has 1 aliphatic heterocycles. The minimum Gasteiger partial charge on any atom is -0.478 e. The zero-order chi connectivity index (χ0) is 18.9. The molecule has 0 atom stereocenters. The number of amides is 1. The molecule has 0 spiro atoms. The van der Waals surface area contributed by atoms with Gasteiger partial charge in [0.15, 0.2) is 0 Å². The van der Waals surface area contributed by atoms with Gasteiger partial charge >= 0.3 is 12.1 Å². The first-order valence-electron chi connectivity index (χ1n) is 8.73. The lowest BCUT2D eigenvalue weighted by molar-refractivity contribution is 0.0240. The number of carbonyl (C=O) groups excluding carboxylic acids is 1. The van der Waals surface area contributed by atoms with Gasteiger partial charge in [0.05, 0.1) is 5.56 Å². The predicted molar refractivity (Wildman–Crippen MR) is 101 cm³/mol. The Bertz CT molecular complexity index is 833. The van der Waals surface area contributed by atoms with E-state index in [1.165, 1.54) is 0 Å². The molecule has 138 valence electrons. The van der Waals surface area contributed by atoms with Crippen LogP contribution in [0, 0.1) is 0 Å². The van der Waals surface area contributed by atoms with Crippen LogP contribution >= 0.6 is 0 Å². The van der Waals surface area contributed by atoms with Crippen molar-refractivity contribution >= 4 is 28.5 Å². The number of nitrogens with zero attached hydrogens (tertiary/aromatic N) is 2. The van der Waals surface area contributed by atoms with Gasteiger partial charge in [-0.05, 0) is 55.8 Å². The van der Waals surface area contributed by atoms with Gasteiger partial charge < -0.3 is 19.6 Å². The number of carbonyl (C=O) groups is 2. The summed E-state index contributed by atoms with van der Waals surface area (Å²) in [5, 5.41) is 11.0. The lowest BCUT2D eigenvalue weighted by atomic mass is 10.1. The van der Waals surface area contributed by atoms with Crippen LogP contribution in [0.3, 0.4) is 0 Å². The normalized spacial score (nSPS) is 15.2. The number of anilines is 1. The maximum Gasteiger partial charge on any atom is 0.410 e. The molecule has 2 aromatic carbocycles. The maximum atomic E-state index is 12.2. The number of rotatable bonds is 2. The highest BCUT2D eigenvalue weighted by Crippen LogP contribution is 2.24. The van der Waals surface area contributed by atoms with E-state index in [1.807, 2.05) is 39.0 Å². The number of benzene rings is 2. The molecule has 1 saturated heterocycles. The van der Waals surface area contributed by atoms with E-state index in [9.17, 15) is 9.59 Å². The van der Waals surface area contributed by atoms with Gasteiger partial charge in [-0.1, -0.05) is 12.1 Å². The number of hydrogen-bond donors (Lipinski definition) is 1. The third kappa shape index (κ3) is 4.07. The second-order valence-corrected chi connectivity index (χ2v) is 7.51. The topological polar surface area (TPSA) is 70.1 Å². The lowest BCUT2D eigenvalue weighted by Crippen LogP contribution is -2.50. The molecular weight excluding hydrogens is 332 g/mol. The largest absolute Gasteiger partial charge is 0.478 e. The van der Waals surface area contributed by atoms with Crippen LogP contribution in [0.5, 0.6) is 0 Å². The third-order valence-corrected chi connectivity index (χ3v) is 4.37. The first-order valence-corrected chi connectivity index (χ1v) is 8.73. The summed E-state index contributed by atoms with van der Waals surface area (Å²) in [4.78, 5) is 27.2. The monoisotopic (exact) mass is 356 g/mol. The van der Waals surface area contributed by atoms with Crippen LogP contribution in [0.15, 0.2) is 36.4 Å². The molecule has 1 heterocycles. The zero-order valence-corrected chi connectivity index (χ0v) is 15.4. The molecule has 0 aromatic heterocycles. The fourth-order valence-electron chi connectivity index (χ4n) is 3.04. The number of hydrogen-bond acceptors (Lipinski definition) is 4. The van der Waals surface area contributed by atoms with Crippen LogP contribution in [0.2, 0.25) is 0 Å². The Hall–Kier alpha value is -2.76. The van der Waals surface area contributed by atoms with Crippen molar-refractivity contribution in [3.63, 3.8) is 0 Å². The Morgan fingerprint density at radius 3 is 2.19 bits per heavy atom. The number of carboxylic acids is 1. The second-order valence-electron chi connectivity index (χ2n) is 7.51. The van der Waals surface area contributed by atoms with E-state index in [-0.39, 0.29) is 11.7 Å². The Kier molecular flexibility index (Phi) is 4.76. The molecule has 2 aromatic rings. The molecule has 0 radical (unpaired) electrons. The average molecular weight is 356 g/mol. The van der Waals surface area contributed by atoms with Crippen molar-refractivity contribution in [3.8, 4) is 0 Å². The standard InChI is InChI=1S/C20H24N2O4/c1-20(2,3)26-19(25)22-10-8-21(9-11-22)17-7-6-14-12-16(18(23)24)5-4-15(14)13-17/h4-7,12-13H,8-11H2,1-3H3,(H,23,24). The van der Waals surface area contributed by atoms with Crippen molar-refractivity contribution in [2.24, 2.45) is 0 Å². The molecule has 26 heavy (non-hydrogen) atoms. The lowest BCUT2D eigenvalue weighted by Gasteiger charge is -2.36. The SMILES string of the molecule is CC(C)(C)OC(=O)N1CCN(c2ccc3cc(C(=O)O)ccc3c2)CC1. The van der Waals surface area contributed by atoms with Gasteiger partial charge in [-0.3, -0.25) is 0 Å². The molecule has 3 rings (SSSR count). The number of ether oxygens (including phenoxy) is 1. The smallest absolute Gasteiger partial charge is 0.410 e. The quantitative estimate of drug-likeness (QED) is 0.890. The number of fused-ring (bicyclic) bond motifs is 1. The van der Waals surface area contributed by atoms with Crippen molar-refractivity contribution in [2.45, 2.75) is 26.4 Å². The van der Waals surface area contributed by atoms with E-state index in [0.29, 0.717) is 13.1 Å². The van der Waals surface area contributed by atoms with Crippen molar-refractivity contribution in [3.05, 3.63) is 42.0 Å². The van der Waals surface area contributed by atoms with E-state index in [1.54, 1.807) is 17.0 Å². The van der Waals surface area contributed by atoms with E-state index in [4.69, 9.17) is 9.84 Å². The molecule has 1 N–H and O–H groups in total. The van der Waals surface area contributed by atoms with Crippen LogP contribution in [-0.2, 0) is 4.74 Å². The minimum absolute atomic E-state index is 0.267. The molecule has 1 fully saturated rings. The van der Waals surface area contributed by atoms with E-state index >= 15 is 0 Å². The van der Waals surface area contributed by atoms with Crippen LogP contribution in [0.25, 0.3) is 10.8 Å². The summed E-state index contributed by atoms with van der Waals surface area (Å²) < 4.78 is 5.43. The van der Waals surface area contributed by atoms with Crippen LogP contribution in [0.4, 0.5) is 10.5 Å². The van der Waals surface area contributed by atoms with Gasteiger partial charge in [-0.15, -0.1) is 0 Å². The molecule has 0 unspecified atom stereocenters. The molecule has 0 aliphatic carbocycles. The predicted octanol–water partition coefficient (Wildman–Crippen LogP) is 3.60. The summed E-state index contributed by atoms with van der Waals surface area (Å²) >= 11 is 0. The second kappa shape index (κ2) is 6.86. The van der Waals surface area contributed by atoms with Crippen LogP contribution in [0.1, 0.15) is 31.1 Å². The molecule has 1 amide bonds. The van der Waals surface area contributed by atoms with Gasteiger partial charge in [0.25, 0.3) is 0 Å². The summed E-state index contributed by atoms with van der Waals surface area (Å²) in [5.41, 5.74) is 0.877. The number of piperazine rings is 1. The third-order valence-electron chi connectivity index (χ3n) is 4.37. The molecular formula is C20H24N2O4.